The van der Waals surface area contributed by atoms with Gasteiger partial charge in [-0.2, -0.15) is 13.2 Å². The molecule has 0 aliphatic heterocycles. The molecule has 0 N–H and O–H groups in total. The molecule has 84 valence electrons. The molecule has 0 radical (unpaired) electrons. The lowest BCUT2D eigenvalue weighted by Gasteiger charge is -2.11. The normalized spacial score (nSPS) is 12.1. The molecule has 0 saturated carbocycles. The summed E-state index contributed by atoms with van der Waals surface area (Å²) in [7, 11) is 0. The second-order valence-corrected chi connectivity index (χ2v) is 3.54. The first-order chi connectivity index (χ1) is 6.39. The molecule has 0 aromatic rings. The van der Waals surface area contributed by atoms with Gasteiger partial charge in [0.25, 0.3) is 0 Å². The van der Waals surface area contributed by atoms with Crippen molar-refractivity contribution in [3.05, 3.63) is 0 Å². The summed E-state index contributed by atoms with van der Waals surface area (Å²) in [6.07, 6.45) is -3.54. The molecule has 0 heterocycles. The third-order valence-corrected chi connectivity index (χ3v) is 2.36. The Kier molecular flexibility index (Phi) is 5.81. The number of halogens is 3. The maximum Gasteiger partial charge on any atom is 0.389 e. The molecule has 0 unspecified atom stereocenters. The molecule has 0 aliphatic rings. The fraction of sp³-hybridized carbons (Fsp3) is 0.900. The van der Waals surface area contributed by atoms with Crippen LogP contribution in [0.1, 0.15) is 46.0 Å². The number of hydrogen-bond donors (Lipinski definition) is 0. The third-order valence-electron chi connectivity index (χ3n) is 2.36. The Bertz CT molecular complexity index is 171. The van der Waals surface area contributed by atoms with Crippen molar-refractivity contribution in [2.24, 2.45) is 5.92 Å². The minimum atomic E-state index is -4.20. The number of rotatable bonds is 6. The predicted molar refractivity (Wildman–Crippen MR) is 49.0 cm³/mol. The van der Waals surface area contributed by atoms with Gasteiger partial charge in [0.2, 0.25) is 0 Å². The van der Waals surface area contributed by atoms with Crippen LogP contribution in [0.3, 0.4) is 0 Å². The van der Waals surface area contributed by atoms with Crippen molar-refractivity contribution in [2.75, 3.05) is 0 Å². The zero-order valence-electron chi connectivity index (χ0n) is 8.66. The van der Waals surface area contributed by atoms with E-state index in [0.29, 0.717) is 6.42 Å². The fourth-order valence-corrected chi connectivity index (χ4v) is 1.28. The molecule has 14 heavy (non-hydrogen) atoms. The molecule has 0 aromatic carbocycles. The topological polar surface area (TPSA) is 17.1 Å². The Morgan fingerprint density at radius 2 is 1.71 bits per heavy atom. The van der Waals surface area contributed by atoms with Crippen molar-refractivity contribution >= 4 is 5.78 Å². The summed E-state index contributed by atoms with van der Waals surface area (Å²) in [6.45, 7) is 3.90. The number of hydrogen-bond acceptors (Lipinski definition) is 1. The van der Waals surface area contributed by atoms with Crippen molar-refractivity contribution in [2.45, 2.75) is 52.1 Å². The van der Waals surface area contributed by atoms with E-state index >= 15 is 0 Å². The SMILES string of the molecule is CCC(CC)CC(=O)CCC(F)(F)F. The van der Waals surface area contributed by atoms with Crippen molar-refractivity contribution in [1.82, 2.24) is 0 Å². The van der Waals surface area contributed by atoms with Gasteiger partial charge >= 0.3 is 6.18 Å². The fourth-order valence-electron chi connectivity index (χ4n) is 1.28. The highest BCUT2D eigenvalue weighted by molar-refractivity contribution is 5.78. The van der Waals surface area contributed by atoms with E-state index in [9.17, 15) is 18.0 Å². The predicted octanol–water partition coefficient (Wildman–Crippen LogP) is 3.72. The molecule has 0 amide bonds. The van der Waals surface area contributed by atoms with Crippen molar-refractivity contribution < 1.29 is 18.0 Å². The largest absolute Gasteiger partial charge is 0.389 e. The summed E-state index contributed by atoms with van der Waals surface area (Å²) in [5, 5.41) is 0. The van der Waals surface area contributed by atoms with Crippen LogP contribution in [0.25, 0.3) is 0 Å². The molecule has 0 bridgehead atoms. The summed E-state index contributed by atoms with van der Waals surface area (Å²) in [5.74, 6) is -0.0215. The highest BCUT2D eigenvalue weighted by Crippen LogP contribution is 2.23. The zero-order chi connectivity index (χ0) is 11.2. The van der Waals surface area contributed by atoms with E-state index in [2.05, 4.69) is 0 Å². The van der Waals surface area contributed by atoms with Gasteiger partial charge in [0.05, 0.1) is 6.42 Å². The van der Waals surface area contributed by atoms with E-state index in [1.54, 1.807) is 0 Å². The number of alkyl halides is 3. The first-order valence-corrected chi connectivity index (χ1v) is 4.97. The van der Waals surface area contributed by atoms with Crippen LogP contribution >= 0.6 is 0 Å². The van der Waals surface area contributed by atoms with Gasteiger partial charge in [0, 0.05) is 12.8 Å². The number of Topliss-reactive ketones (excluding diaryl/α,β-unsaturated/α-hetero) is 1. The quantitative estimate of drug-likeness (QED) is 0.653. The second-order valence-electron chi connectivity index (χ2n) is 3.54. The van der Waals surface area contributed by atoms with Crippen LogP contribution in [-0.4, -0.2) is 12.0 Å². The van der Waals surface area contributed by atoms with Crippen molar-refractivity contribution in [1.29, 1.82) is 0 Å². The van der Waals surface area contributed by atoms with E-state index in [1.165, 1.54) is 0 Å². The maximum absolute atomic E-state index is 11.8. The number of ketones is 1. The molecule has 0 aliphatic carbocycles. The van der Waals surface area contributed by atoms with Crippen LogP contribution in [0, 0.1) is 5.92 Å². The van der Waals surface area contributed by atoms with Crippen LogP contribution in [0.2, 0.25) is 0 Å². The minimum Gasteiger partial charge on any atom is -0.300 e. The Morgan fingerprint density at radius 3 is 2.07 bits per heavy atom. The molecular weight excluding hydrogens is 193 g/mol. The van der Waals surface area contributed by atoms with Gasteiger partial charge in [-0.3, -0.25) is 4.79 Å². The summed E-state index contributed by atoms with van der Waals surface area (Å²) in [6, 6.07) is 0. The molecule has 0 spiro atoms. The first-order valence-electron chi connectivity index (χ1n) is 4.97. The molecule has 0 saturated heterocycles. The minimum absolute atomic E-state index is 0.246. The Hall–Kier alpha value is -0.540. The summed E-state index contributed by atoms with van der Waals surface area (Å²) < 4.78 is 35.3. The lowest BCUT2D eigenvalue weighted by Crippen LogP contribution is -2.13. The van der Waals surface area contributed by atoms with E-state index in [0.717, 1.165) is 12.8 Å². The average molecular weight is 210 g/mol. The number of carbonyl (C=O) groups is 1. The summed E-state index contributed by atoms with van der Waals surface area (Å²) >= 11 is 0. The average Bonchev–Trinajstić information content (AvgIpc) is 2.09. The van der Waals surface area contributed by atoms with E-state index in [4.69, 9.17) is 0 Å². The second kappa shape index (κ2) is 6.04. The van der Waals surface area contributed by atoms with Gasteiger partial charge in [0.15, 0.2) is 0 Å². The van der Waals surface area contributed by atoms with Gasteiger partial charge in [0.1, 0.15) is 5.78 Å². The molecular formula is C10H17F3O. The van der Waals surface area contributed by atoms with Crippen LogP contribution < -0.4 is 0 Å². The smallest absolute Gasteiger partial charge is 0.300 e. The van der Waals surface area contributed by atoms with Gasteiger partial charge < -0.3 is 0 Å². The molecule has 4 heteroatoms. The van der Waals surface area contributed by atoms with Gasteiger partial charge in [-0.25, -0.2) is 0 Å². The van der Waals surface area contributed by atoms with E-state index < -0.39 is 12.6 Å². The van der Waals surface area contributed by atoms with Crippen LogP contribution in [0.4, 0.5) is 13.2 Å². The lowest BCUT2D eigenvalue weighted by molar-refractivity contribution is -0.143. The van der Waals surface area contributed by atoms with E-state index in [1.807, 2.05) is 13.8 Å². The number of carbonyl (C=O) groups excluding carboxylic acids is 1. The maximum atomic E-state index is 11.8. The molecule has 0 rings (SSSR count). The van der Waals surface area contributed by atoms with Crippen LogP contribution in [0.15, 0.2) is 0 Å². The monoisotopic (exact) mass is 210 g/mol. The third kappa shape index (κ3) is 6.92. The van der Waals surface area contributed by atoms with Gasteiger partial charge in [-0.15, -0.1) is 0 Å². The standard InChI is InChI=1S/C10H17F3O/c1-3-8(4-2)7-9(14)5-6-10(11,12)13/h8H,3-7H2,1-2H3. The Labute approximate surface area is 82.7 Å². The lowest BCUT2D eigenvalue weighted by atomic mass is 9.95. The van der Waals surface area contributed by atoms with Gasteiger partial charge in [-0.05, 0) is 5.92 Å². The summed E-state index contributed by atoms with van der Waals surface area (Å²) in [5.41, 5.74) is 0. The molecule has 0 aromatic heterocycles. The first kappa shape index (κ1) is 13.5. The summed E-state index contributed by atoms with van der Waals surface area (Å²) in [4.78, 5) is 11.1. The van der Waals surface area contributed by atoms with Crippen molar-refractivity contribution in [3.8, 4) is 0 Å². The molecule has 0 atom stereocenters. The highest BCUT2D eigenvalue weighted by atomic mass is 19.4. The van der Waals surface area contributed by atoms with E-state index in [-0.39, 0.29) is 18.1 Å². The molecule has 1 nitrogen and oxygen atoms in total. The van der Waals surface area contributed by atoms with Gasteiger partial charge in [-0.1, -0.05) is 26.7 Å². The van der Waals surface area contributed by atoms with Crippen molar-refractivity contribution in [3.63, 3.8) is 0 Å². The zero-order valence-corrected chi connectivity index (χ0v) is 8.66. The van der Waals surface area contributed by atoms with Crippen LogP contribution in [0.5, 0.6) is 0 Å². The van der Waals surface area contributed by atoms with Crippen LogP contribution in [-0.2, 0) is 4.79 Å². The highest BCUT2D eigenvalue weighted by Gasteiger charge is 2.28. The molecule has 0 fully saturated rings. The Balaban J connectivity index is 3.75. The Morgan fingerprint density at radius 1 is 1.21 bits per heavy atom.